The fourth-order valence-electron chi connectivity index (χ4n) is 3.43. The summed E-state index contributed by atoms with van der Waals surface area (Å²) in [6.07, 6.45) is 4.04. The van der Waals surface area contributed by atoms with Gasteiger partial charge in [0.2, 0.25) is 0 Å². The minimum atomic E-state index is -0.482. The molecule has 0 unspecified atom stereocenters. The van der Waals surface area contributed by atoms with Crippen LogP contribution in [0.3, 0.4) is 0 Å². The highest BCUT2D eigenvalue weighted by Crippen LogP contribution is 2.26. The summed E-state index contributed by atoms with van der Waals surface area (Å²) in [5.74, 6) is -0.916. The third-order valence-corrected chi connectivity index (χ3v) is 5.62. The Morgan fingerprint density at radius 2 is 1.71 bits per heavy atom. The minimum absolute atomic E-state index is 0.0579. The number of carbonyl (C=O) groups excluding carboxylic acids is 2. The van der Waals surface area contributed by atoms with Gasteiger partial charge in [-0.05, 0) is 67.0 Å². The molecule has 0 spiro atoms. The number of anilines is 2. The largest absolute Gasteiger partial charge is 0.372 e. The fourth-order valence-corrected chi connectivity index (χ4v) is 4.10. The molecule has 142 valence electrons. The third-order valence-electron chi connectivity index (χ3n) is 4.84. The first-order chi connectivity index (χ1) is 13.5. The van der Waals surface area contributed by atoms with Gasteiger partial charge >= 0.3 is 0 Å². The van der Waals surface area contributed by atoms with Crippen LogP contribution in [0.5, 0.6) is 0 Å². The van der Waals surface area contributed by atoms with Gasteiger partial charge in [-0.15, -0.1) is 0 Å². The number of hydrogen-bond donors (Lipinski definition) is 1. The average molecular weight is 456 g/mol. The van der Waals surface area contributed by atoms with Crippen LogP contribution in [0.1, 0.15) is 18.4 Å². The van der Waals surface area contributed by atoms with Crippen LogP contribution < -0.4 is 15.1 Å². The summed E-state index contributed by atoms with van der Waals surface area (Å²) in [4.78, 5) is 29.1. The van der Waals surface area contributed by atoms with E-state index >= 15 is 0 Å². The first kappa shape index (κ1) is 18.8. The van der Waals surface area contributed by atoms with Gasteiger partial charge in [-0.1, -0.05) is 34.1 Å². The van der Waals surface area contributed by atoms with E-state index in [9.17, 15) is 9.59 Å². The Morgan fingerprint density at radius 3 is 2.39 bits per heavy atom. The number of rotatable bonds is 3. The number of carbonyl (C=O) groups is 2. The van der Waals surface area contributed by atoms with Crippen molar-refractivity contribution >= 4 is 62.5 Å². The summed E-state index contributed by atoms with van der Waals surface area (Å²) in [7, 11) is 0. The molecule has 0 aliphatic carbocycles. The van der Waals surface area contributed by atoms with Crippen molar-refractivity contribution in [2.24, 2.45) is 0 Å². The Balaban J connectivity index is 1.63. The van der Waals surface area contributed by atoms with E-state index in [0.29, 0.717) is 5.69 Å². The number of hydrogen-bond acceptors (Lipinski definition) is 4. The molecular weight excluding hydrogens is 438 g/mol. The highest BCUT2D eigenvalue weighted by Gasteiger charge is 2.34. The topological polar surface area (TPSA) is 52.7 Å². The first-order valence-electron chi connectivity index (χ1n) is 9.05. The van der Waals surface area contributed by atoms with Crippen molar-refractivity contribution in [2.75, 3.05) is 22.9 Å². The summed E-state index contributed by atoms with van der Waals surface area (Å²) in [5, 5.41) is 2.69. The molecule has 7 heteroatoms. The van der Waals surface area contributed by atoms with Crippen LogP contribution in [-0.4, -0.2) is 30.0 Å². The smallest absolute Gasteiger partial charge is 0.270 e. The SMILES string of the molecule is O=C1NC(=S)N(c2cccc(Br)c2)C(=O)/C1=C/c1ccc(N2CCCC2)cc1. The second kappa shape index (κ2) is 7.85. The predicted octanol–water partition coefficient (Wildman–Crippen LogP) is 3.88. The molecule has 2 aliphatic heterocycles. The second-order valence-electron chi connectivity index (χ2n) is 6.72. The molecule has 2 aliphatic rings. The van der Waals surface area contributed by atoms with Crippen molar-refractivity contribution in [1.82, 2.24) is 5.32 Å². The number of amides is 2. The lowest BCUT2D eigenvalue weighted by Gasteiger charge is -2.29. The molecule has 2 saturated heterocycles. The van der Waals surface area contributed by atoms with Crippen molar-refractivity contribution in [3.63, 3.8) is 0 Å². The Labute approximate surface area is 177 Å². The lowest BCUT2D eigenvalue weighted by Crippen LogP contribution is -2.54. The molecule has 2 aromatic rings. The lowest BCUT2D eigenvalue weighted by atomic mass is 10.1. The van der Waals surface area contributed by atoms with Crippen LogP contribution in [-0.2, 0) is 9.59 Å². The third kappa shape index (κ3) is 3.72. The highest BCUT2D eigenvalue weighted by atomic mass is 79.9. The summed E-state index contributed by atoms with van der Waals surface area (Å²) in [6.45, 7) is 2.14. The zero-order valence-electron chi connectivity index (χ0n) is 15.0. The second-order valence-corrected chi connectivity index (χ2v) is 8.03. The summed E-state index contributed by atoms with van der Waals surface area (Å²) in [6, 6.07) is 15.1. The molecule has 0 bridgehead atoms. The molecule has 2 aromatic carbocycles. The van der Waals surface area contributed by atoms with Gasteiger partial charge in [-0.25, -0.2) is 0 Å². The van der Waals surface area contributed by atoms with Gasteiger partial charge < -0.3 is 4.90 Å². The number of thiocarbonyl (C=S) groups is 1. The van der Waals surface area contributed by atoms with Gasteiger partial charge in [0.15, 0.2) is 5.11 Å². The molecule has 28 heavy (non-hydrogen) atoms. The number of nitrogens with one attached hydrogen (secondary N) is 1. The molecule has 2 fully saturated rings. The van der Waals surface area contributed by atoms with Gasteiger partial charge in [0.25, 0.3) is 11.8 Å². The molecule has 0 saturated carbocycles. The standard InChI is InChI=1S/C21H18BrN3O2S/c22-15-4-3-5-17(13-15)25-20(27)18(19(26)23-21(25)28)12-14-6-8-16(9-7-14)24-10-1-2-11-24/h3-9,12-13H,1-2,10-11H2,(H,23,26,28)/b18-12+. The zero-order chi connectivity index (χ0) is 19.7. The molecule has 5 nitrogen and oxygen atoms in total. The lowest BCUT2D eigenvalue weighted by molar-refractivity contribution is -0.122. The quantitative estimate of drug-likeness (QED) is 0.433. The van der Waals surface area contributed by atoms with Crippen LogP contribution in [0.2, 0.25) is 0 Å². The van der Waals surface area contributed by atoms with E-state index < -0.39 is 11.8 Å². The molecule has 2 amide bonds. The normalized spacial score (nSPS) is 18.8. The van der Waals surface area contributed by atoms with E-state index in [1.54, 1.807) is 18.2 Å². The van der Waals surface area contributed by atoms with Crippen LogP contribution in [0, 0.1) is 0 Å². The Kier molecular flexibility index (Phi) is 5.28. The van der Waals surface area contributed by atoms with E-state index in [-0.39, 0.29) is 10.7 Å². The van der Waals surface area contributed by atoms with E-state index in [1.807, 2.05) is 36.4 Å². The predicted molar refractivity (Wildman–Crippen MR) is 118 cm³/mol. The molecule has 0 aromatic heterocycles. The molecular formula is C21H18BrN3O2S. The van der Waals surface area contributed by atoms with E-state index in [4.69, 9.17) is 12.2 Å². The zero-order valence-corrected chi connectivity index (χ0v) is 17.4. The van der Waals surface area contributed by atoms with Crippen molar-refractivity contribution in [2.45, 2.75) is 12.8 Å². The maximum absolute atomic E-state index is 13.0. The van der Waals surface area contributed by atoms with Crippen LogP contribution in [0.25, 0.3) is 6.08 Å². The maximum Gasteiger partial charge on any atom is 0.270 e. The van der Waals surface area contributed by atoms with Gasteiger partial charge in [0.05, 0.1) is 5.69 Å². The van der Waals surface area contributed by atoms with Gasteiger partial charge in [-0.2, -0.15) is 0 Å². The monoisotopic (exact) mass is 455 g/mol. The number of benzene rings is 2. The van der Waals surface area contributed by atoms with Crippen LogP contribution >= 0.6 is 28.1 Å². The Bertz CT molecular complexity index is 981. The van der Waals surface area contributed by atoms with E-state index in [1.165, 1.54) is 17.7 Å². The molecule has 2 heterocycles. The van der Waals surface area contributed by atoms with Gasteiger partial charge in [-0.3, -0.25) is 19.8 Å². The number of nitrogens with zero attached hydrogens (tertiary/aromatic N) is 2. The van der Waals surface area contributed by atoms with Crippen molar-refractivity contribution in [3.8, 4) is 0 Å². The van der Waals surface area contributed by atoms with Gasteiger partial charge in [0, 0.05) is 23.2 Å². The molecule has 0 atom stereocenters. The first-order valence-corrected chi connectivity index (χ1v) is 10.2. The summed E-state index contributed by atoms with van der Waals surface area (Å²) < 4.78 is 0.820. The fraction of sp³-hybridized carbons (Fsp3) is 0.190. The maximum atomic E-state index is 13.0. The van der Waals surface area contributed by atoms with Crippen molar-refractivity contribution < 1.29 is 9.59 Å². The summed E-state index contributed by atoms with van der Waals surface area (Å²) >= 11 is 8.62. The van der Waals surface area contributed by atoms with Crippen LogP contribution in [0.4, 0.5) is 11.4 Å². The number of halogens is 1. The molecule has 1 N–H and O–H groups in total. The Hall–Kier alpha value is -2.51. The van der Waals surface area contributed by atoms with Crippen LogP contribution in [0.15, 0.2) is 58.6 Å². The summed E-state index contributed by atoms with van der Waals surface area (Å²) in [5.41, 5.74) is 2.61. The van der Waals surface area contributed by atoms with E-state index in [0.717, 1.165) is 28.8 Å². The average Bonchev–Trinajstić information content (AvgIpc) is 3.20. The highest BCUT2D eigenvalue weighted by molar-refractivity contribution is 9.10. The molecule has 0 radical (unpaired) electrons. The molecule has 4 rings (SSSR count). The van der Waals surface area contributed by atoms with Gasteiger partial charge in [0.1, 0.15) is 5.57 Å². The van der Waals surface area contributed by atoms with Crippen molar-refractivity contribution in [3.05, 3.63) is 64.1 Å². The Morgan fingerprint density at radius 1 is 1.00 bits per heavy atom. The van der Waals surface area contributed by atoms with Crippen molar-refractivity contribution in [1.29, 1.82) is 0 Å². The minimum Gasteiger partial charge on any atom is -0.372 e. The van der Waals surface area contributed by atoms with E-state index in [2.05, 4.69) is 26.1 Å².